The van der Waals surface area contributed by atoms with Crippen LogP contribution in [0.4, 0.5) is 0 Å². The molecule has 1 aromatic carbocycles. The second-order valence-electron chi connectivity index (χ2n) is 2.64. The van der Waals surface area contributed by atoms with Crippen LogP contribution in [-0.4, -0.2) is 22.2 Å². The SMILES string of the molecule is Cc1cc(C(=O)O)ccc1C(=O)O.[Ag].[Ag]. The average Bonchev–Trinajstić information content (AvgIpc) is 2.03. The minimum atomic E-state index is -1.06. The second-order valence-corrected chi connectivity index (χ2v) is 2.64. The van der Waals surface area contributed by atoms with E-state index in [1.807, 2.05) is 0 Å². The molecular formula is C9H8Ag2O4. The topological polar surface area (TPSA) is 74.6 Å². The minimum absolute atomic E-state index is 0. The van der Waals surface area contributed by atoms with Gasteiger partial charge in [0.2, 0.25) is 0 Å². The molecule has 15 heavy (non-hydrogen) atoms. The fraction of sp³-hybridized carbons (Fsp3) is 0.111. The molecule has 0 aliphatic rings. The van der Waals surface area contributed by atoms with Gasteiger partial charge in [0, 0.05) is 44.8 Å². The quantitative estimate of drug-likeness (QED) is 0.742. The van der Waals surface area contributed by atoms with Crippen molar-refractivity contribution < 1.29 is 64.6 Å². The van der Waals surface area contributed by atoms with Gasteiger partial charge in [-0.2, -0.15) is 0 Å². The van der Waals surface area contributed by atoms with Crippen molar-refractivity contribution in [3.05, 3.63) is 34.9 Å². The van der Waals surface area contributed by atoms with Crippen LogP contribution in [0.25, 0.3) is 0 Å². The molecule has 0 aliphatic heterocycles. The Morgan fingerprint density at radius 2 is 1.60 bits per heavy atom. The maximum atomic E-state index is 10.6. The second kappa shape index (κ2) is 7.00. The number of hydrogen-bond donors (Lipinski definition) is 2. The predicted molar refractivity (Wildman–Crippen MR) is 45.1 cm³/mol. The molecule has 6 heteroatoms. The number of carboxylic acids is 2. The Kier molecular flexibility index (Phi) is 7.96. The third kappa shape index (κ3) is 4.34. The molecular weight excluding hydrogens is 388 g/mol. The molecule has 0 spiro atoms. The first-order chi connectivity index (χ1) is 6.02. The zero-order chi connectivity index (χ0) is 10.0. The molecule has 2 radical (unpaired) electrons. The smallest absolute Gasteiger partial charge is 0.335 e. The number of hydrogen-bond acceptors (Lipinski definition) is 2. The van der Waals surface area contributed by atoms with E-state index in [1.54, 1.807) is 6.92 Å². The Labute approximate surface area is 118 Å². The summed E-state index contributed by atoms with van der Waals surface area (Å²) in [6, 6.07) is 3.91. The van der Waals surface area contributed by atoms with Crippen molar-refractivity contribution in [1.82, 2.24) is 0 Å². The van der Waals surface area contributed by atoms with Crippen molar-refractivity contribution in [3.8, 4) is 0 Å². The predicted octanol–water partition coefficient (Wildman–Crippen LogP) is 1.39. The number of carboxylic acid groups (broad SMARTS) is 2. The van der Waals surface area contributed by atoms with Crippen LogP contribution in [0, 0.1) is 6.92 Å². The van der Waals surface area contributed by atoms with Gasteiger partial charge in [-0.15, -0.1) is 0 Å². The van der Waals surface area contributed by atoms with Gasteiger partial charge < -0.3 is 10.2 Å². The maximum absolute atomic E-state index is 10.6. The molecule has 0 saturated heterocycles. The fourth-order valence-corrected chi connectivity index (χ4v) is 1.04. The van der Waals surface area contributed by atoms with Crippen LogP contribution in [0.15, 0.2) is 18.2 Å². The van der Waals surface area contributed by atoms with Gasteiger partial charge in [-0.25, -0.2) is 9.59 Å². The zero-order valence-electron chi connectivity index (χ0n) is 7.55. The summed E-state index contributed by atoms with van der Waals surface area (Å²) in [5.41, 5.74) is 0.680. The van der Waals surface area contributed by atoms with E-state index in [1.165, 1.54) is 18.2 Å². The van der Waals surface area contributed by atoms with Crippen LogP contribution in [0.1, 0.15) is 26.3 Å². The van der Waals surface area contributed by atoms with Crippen molar-refractivity contribution in [2.45, 2.75) is 6.92 Å². The number of aromatic carboxylic acids is 2. The summed E-state index contributed by atoms with van der Waals surface area (Å²) in [6.45, 7) is 1.57. The minimum Gasteiger partial charge on any atom is -0.478 e. The molecule has 2 N–H and O–H groups in total. The third-order valence-corrected chi connectivity index (χ3v) is 1.70. The molecule has 0 bridgehead atoms. The standard InChI is InChI=1S/C9H8O4.2Ag/c1-5-4-6(8(10)11)2-3-7(5)9(12)13;;/h2-4H,1H3,(H,10,11)(H,12,13);;. The van der Waals surface area contributed by atoms with Crippen molar-refractivity contribution in [3.63, 3.8) is 0 Å². The van der Waals surface area contributed by atoms with Crippen LogP contribution < -0.4 is 0 Å². The number of carbonyl (C=O) groups is 2. The molecule has 0 atom stereocenters. The van der Waals surface area contributed by atoms with E-state index < -0.39 is 11.9 Å². The van der Waals surface area contributed by atoms with E-state index in [0.717, 1.165) is 0 Å². The number of aryl methyl sites for hydroxylation is 1. The summed E-state index contributed by atoms with van der Waals surface area (Å²) in [6.07, 6.45) is 0. The third-order valence-electron chi connectivity index (χ3n) is 1.70. The van der Waals surface area contributed by atoms with Crippen LogP contribution in [0.3, 0.4) is 0 Å². The summed E-state index contributed by atoms with van der Waals surface area (Å²) in [7, 11) is 0. The van der Waals surface area contributed by atoms with E-state index >= 15 is 0 Å². The summed E-state index contributed by atoms with van der Waals surface area (Å²) in [4.78, 5) is 21.0. The number of benzene rings is 1. The van der Waals surface area contributed by atoms with Gasteiger partial charge in [0.25, 0.3) is 0 Å². The molecule has 90 valence electrons. The van der Waals surface area contributed by atoms with E-state index in [2.05, 4.69) is 0 Å². The van der Waals surface area contributed by atoms with Crippen molar-refractivity contribution in [1.29, 1.82) is 0 Å². The van der Waals surface area contributed by atoms with Crippen LogP contribution in [-0.2, 0) is 44.8 Å². The van der Waals surface area contributed by atoms with Crippen molar-refractivity contribution >= 4 is 11.9 Å². The molecule has 0 saturated carbocycles. The molecule has 0 aromatic heterocycles. The van der Waals surface area contributed by atoms with Gasteiger partial charge in [-0.05, 0) is 30.7 Å². The van der Waals surface area contributed by atoms with E-state index in [-0.39, 0.29) is 55.9 Å². The van der Waals surface area contributed by atoms with Gasteiger partial charge >= 0.3 is 11.9 Å². The van der Waals surface area contributed by atoms with Crippen LogP contribution in [0.2, 0.25) is 0 Å². The Balaban J connectivity index is 0. The Morgan fingerprint density at radius 1 is 1.07 bits per heavy atom. The molecule has 0 amide bonds. The Hall–Kier alpha value is -0.359. The Bertz CT molecular complexity index is 376. The van der Waals surface area contributed by atoms with Gasteiger partial charge in [0.1, 0.15) is 0 Å². The fourth-order valence-electron chi connectivity index (χ4n) is 1.04. The molecule has 0 heterocycles. The van der Waals surface area contributed by atoms with Gasteiger partial charge in [0.15, 0.2) is 0 Å². The zero-order valence-corrected chi connectivity index (χ0v) is 10.5. The van der Waals surface area contributed by atoms with E-state index in [0.29, 0.717) is 5.56 Å². The molecule has 1 rings (SSSR count). The first-order valence-electron chi connectivity index (χ1n) is 3.59. The first-order valence-corrected chi connectivity index (χ1v) is 3.59. The van der Waals surface area contributed by atoms with Gasteiger partial charge in [-0.1, -0.05) is 0 Å². The van der Waals surface area contributed by atoms with Gasteiger partial charge in [-0.3, -0.25) is 0 Å². The monoisotopic (exact) mass is 394 g/mol. The average molecular weight is 396 g/mol. The van der Waals surface area contributed by atoms with Crippen LogP contribution in [0.5, 0.6) is 0 Å². The first kappa shape index (κ1) is 17.0. The normalized spacial score (nSPS) is 8.33. The van der Waals surface area contributed by atoms with E-state index in [4.69, 9.17) is 10.2 Å². The summed E-state index contributed by atoms with van der Waals surface area (Å²) < 4.78 is 0. The summed E-state index contributed by atoms with van der Waals surface area (Å²) in [5, 5.41) is 17.2. The summed E-state index contributed by atoms with van der Waals surface area (Å²) in [5.74, 6) is -2.10. The molecule has 0 fully saturated rings. The van der Waals surface area contributed by atoms with E-state index in [9.17, 15) is 9.59 Å². The molecule has 4 nitrogen and oxygen atoms in total. The maximum Gasteiger partial charge on any atom is 0.335 e. The van der Waals surface area contributed by atoms with Crippen LogP contribution >= 0.6 is 0 Å². The molecule has 0 aliphatic carbocycles. The largest absolute Gasteiger partial charge is 0.478 e. The molecule has 1 aromatic rings. The Morgan fingerprint density at radius 3 is 1.93 bits per heavy atom. The van der Waals surface area contributed by atoms with Gasteiger partial charge in [0.05, 0.1) is 11.1 Å². The number of rotatable bonds is 2. The molecule has 0 unspecified atom stereocenters. The summed E-state index contributed by atoms with van der Waals surface area (Å²) >= 11 is 0. The van der Waals surface area contributed by atoms with Crippen molar-refractivity contribution in [2.24, 2.45) is 0 Å². The van der Waals surface area contributed by atoms with Crippen molar-refractivity contribution in [2.75, 3.05) is 0 Å².